The van der Waals surface area contributed by atoms with E-state index in [-0.39, 0.29) is 12.4 Å². The Hall–Kier alpha value is -0.710. The van der Waals surface area contributed by atoms with E-state index in [4.69, 9.17) is 0 Å². The van der Waals surface area contributed by atoms with E-state index >= 15 is 0 Å². The molecule has 0 aromatic heterocycles. The lowest BCUT2D eigenvalue weighted by molar-refractivity contribution is -0.130. The van der Waals surface area contributed by atoms with E-state index in [1.54, 1.807) is 11.8 Å². The van der Waals surface area contributed by atoms with Crippen LogP contribution < -0.4 is 5.32 Å². The highest BCUT2D eigenvalue weighted by molar-refractivity contribution is 8.00. The zero-order chi connectivity index (χ0) is 15.6. The summed E-state index contributed by atoms with van der Waals surface area (Å²) in [6.07, 6.45) is 3.62. The summed E-state index contributed by atoms with van der Waals surface area (Å²) in [7, 11) is 0. The molecule has 1 N–H and O–H groups in total. The molecular weight excluding hydrogens is 328 g/mol. The number of hydrogen-bond acceptors (Lipinski definition) is 3. The Morgan fingerprint density at radius 3 is 2.61 bits per heavy atom. The Bertz CT molecular complexity index is 548. The van der Waals surface area contributed by atoms with Crippen LogP contribution in [0.25, 0.3) is 0 Å². The average molecular weight is 355 g/mol. The third-order valence-electron chi connectivity index (χ3n) is 5.19. The van der Waals surface area contributed by atoms with Crippen LogP contribution in [0.4, 0.5) is 0 Å². The van der Waals surface area contributed by atoms with Gasteiger partial charge >= 0.3 is 0 Å². The molecule has 0 saturated carbocycles. The summed E-state index contributed by atoms with van der Waals surface area (Å²) in [6.45, 7) is 8.40. The number of aryl methyl sites for hydroxylation is 2. The molecule has 2 heterocycles. The molecule has 0 aliphatic carbocycles. The molecule has 2 fully saturated rings. The van der Waals surface area contributed by atoms with Crippen LogP contribution in [0.15, 0.2) is 23.1 Å². The number of thioether (sulfide) groups is 1. The van der Waals surface area contributed by atoms with Gasteiger partial charge in [0, 0.05) is 24.5 Å². The van der Waals surface area contributed by atoms with Gasteiger partial charge in [0.05, 0.1) is 5.75 Å². The molecule has 128 valence electrons. The van der Waals surface area contributed by atoms with Gasteiger partial charge in [-0.2, -0.15) is 0 Å². The normalized spacial score (nSPS) is 19.7. The maximum absolute atomic E-state index is 12.4. The number of carbonyl (C=O) groups is 1. The highest BCUT2D eigenvalue weighted by Crippen LogP contribution is 2.37. The van der Waals surface area contributed by atoms with Crippen LogP contribution in [-0.2, 0) is 4.79 Å². The molecular formula is C18H27ClN2OS. The van der Waals surface area contributed by atoms with E-state index in [0.717, 1.165) is 26.2 Å². The fraction of sp³-hybridized carbons (Fsp3) is 0.611. The molecule has 2 saturated heterocycles. The SMILES string of the molecule is Cc1ccc(SCC(=O)N2CCC3(CCNC3)CC2)c(C)c1.Cl. The van der Waals surface area contributed by atoms with Crippen LogP contribution >= 0.6 is 24.2 Å². The second-order valence-corrected chi connectivity index (χ2v) is 7.88. The van der Waals surface area contributed by atoms with Gasteiger partial charge in [0.2, 0.25) is 5.91 Å². The number of halogens is 1. The van der Waals surface area contributed by atoms with E-state index < -0.39 is 0 Å². The first-order chi connectivity index (χ1) is 10.6. The number of hydrogen-bond donors (Lipinski definition) is 1. The minimum Gasteiger partial charge on any atom is -0.342 e. The molecule has 0 atom stereocenters. The molecule has 3 nitrogen and oxygen atoms in total. The predicted molar refractivity (Wildman–Crippen MR) is 99.6 cm³/mol. The summed E-state index contributed by atoms with van der Waals surface area (Å²) in [5.41, 5.74) is 3.03. The van der Waals surface area contributed by atoms with Crippen molar-refractivity contribution in [2.24, 2.45) is 5.41 Å². The van der Waals surface area contributed by atoms with Crippen LogP contribution in [0.1, 0.15) is 30.4 Å². The molecule has 3 rings (SSSR count). The molecule has 2 aliphatic heterocycles. The molecule has 1 amide bonds. The van der Waals surface area contributed by atoms with Crippen molar-refractivity contribution in [1.82, 2.24) is 10.2 Å². The smallest absolute Gasteiger partial charge is 0.232 e. The van der Waals surface area contributed by atoms with Gasteiger partial charge in [-0.05, 0) is 56.7 Å². The first kappa shape index (κ1) is 18.6. The number of likely N-dealkylation sites (tertiary alicyclic amines) is 1. The van der Waals surface area contributed by atoms with Gasteiger partial charge in [-0.3, -0.25) is 4.79 Å². The van der Waals surface area contributed by atoms with Crippen LogP contribution in [0, 0.1) is 19.3 Å². The molecule has 23 heavy (non-hydrogen) atoms. The molecule has 2 aliphatic rings. The largest absolute Gasteiger partial charge is 0.342 e. The summed E-state index contributed by atoms with van der Waals surface area (Å²) in [5.74, 6) is 0.862. The average Bonchev–Trinajstić information content (AvgIpc) is 2.95. The fourth-order valence-electron chi connectivity index (χ4n) is 3.64. The minimum absolute atomic E-state index is 0. The number of nitrogens with one attached hydrogen (secondary N) is 1. The number of carbonyl (C=O) groups excluding carboxylic acids is 1. The number of amides is 1. The van der Waals surface area contributed by atoms with E-state index in [0.29, 0.717) is 17.1 Å². The summed E-state index contributed by atoms with van der Waals surface area (Å²) in [5, 5.41) is 3.48. The van der Waals surface area contributed by atoms with Gasteiger partial charge < -0.3 is 10.2 Å². The highest BCUT2D eigenvalue weighted by atomic mass is 35.5. The molecule has 1 aromatic carbocycles. The third kappa shape index (κ3) is 4.43. The van der Waals surface area contributed by atoms with Crippen molar-refractivity contribution in [3.8, 4) is 0 Å². The fourth-order valence-corrected chi connectivity index (χ4v) is 4.56. The maximum atomic E-state index is 12.4. The van der Waals surface area contributed by atoms with Gasteiger partial charge in [-0.15, -0.1) is 24.2 Å². The molecule has 1 spiro atoms. The van der Waals surface area contributed by atoms with Crippen molar-refractivity contribution in [3.05, 3.63) is 29.3 Å². The van der Waals surface area contributed by atoms with Crippen molar-refractivity contribution in [2.75, 3.05) is 31.9 Å². The van der Waals surface area contributed by atoms with Gasteiger partial charge in [-0.1, -0.05) is 17.7 Å². The first-order valence-corrected chi connectivity index (χ1v) is 9.25. The zero-order valence-corrected chi connectivity index (χ0v) is 15.7. The van der Waals surface area contributed by atoms with Crippen LogP contribution in [0.3, 0.4) is 0 Å². The lowest BCUT2D eigenvalue weighted by atomic mass is 9.78. The quantitative estimate of drug-likeness (QED) is 0.844. The Morgan fingerprint density at radius 2 is 2.00 bits per heavy atom. The Labute approximate surface area is 150 Å². The number of rotatable bonds is 3. The zero-order valence-electron chi connectivity index (χ0n) is 14.1. The van der Waals surface area contributed by atoms with Crippen LogP contribution in [0.2, 0.25) is 0 Å². The molecule has 0 unspecified atom stereocenters. The Kier molecular flexibility index (Phi) is 6.40. The summed E-state index contributed by atoms with van der Waals surface area (Å²) >= 11 is 1.68. The van der Waals surface area contributed by atoms with E-state index in [2.05, 4.69) is 42.3 Å². The van der Waals surface area contributed by atoms with Crippen molar-refractivity contribution in [1.29, 1.82) is 0 Å². The molecule has 5 heteroatoms. The Balaban J connectivity index is 0.00000192. The molecule has 1 aromatic rings. The second-order valence-electron chi connectivity index (χ2n) is 6.87. The second kappa shape index (κ2) is 7.91. The van der Waals surface area contributed by atoms with Gasteiger partial charge in [0.1, 0.15) is 0 Å². The number of piperidine rings is 1. The van der Waals surface area contributed by atoms with E-state index in [1.807, 2.05) is 0 Å². The number of nitrogens with zero attached hydrogens (tertiary/aromatic N) is 1. The first-order valence-electron chi connectivity index (χ1n) is 8.27. The van der Waals surface area contributed by atoms with Crippen LogP contribution in [-0.4, -0.2) is 42.7 Å². The van der Waals surface area contributed by atoms with E-state index in [9.17, 15) is 4.79 Å². The lowest BCUT2D eigenvalue weighted by Gasteiger charge is -2.38. The molecule has 0 bridgehead atoms. The van der Waals surface area contributed by atoms with Crippen LogP contribution in [0.5, 0.6) is 0 Å². The topological polar surface area (TPSA) is 32.3 Å². The standard InChI is InChI=1S/C18H26N2OS.ClH/c1-14-3-4-16(15(2)11-14)22-12-17(21)20-9-6-18(7-10-20)5-8-19-13-18;/h3-4,11,19H,5-10,12-13H2,1-2H3;1H. The lowest BCUT2D eigenvalue weighted by Crippen LogP contribution is -2.44. The van der Waals surface area contributed by atoms with Gasteiger partial charge in [-0.25, -0.2) is 0 Å². The van der Waals surface area contributed by atoms with Crippen molar-refractivity contribution >= 4 is 30.1 Å². The van der Waals surface area contributed by atoms with Crippen molar-refractivity contribution < 1.29 is 4.79 Å². The van der Waals surface area contributed by atoms with Crippen molar-refractivity contribution in [2.45, 2.75) is 38.0 Å². The Morgan fingerprint density at radius 1 is 1.26 bits per heavy atom. The summed E-state index contributed by atoms with van der Waals surface area (Å²) in [6, 6.07) is 6.44. The third-order valence-corrected chi connectivity index (χ3v) is 6.35. The maximum Gasteiger partial charge on any atom is 0.232 e. The van der Waals surface area contributed by atoms with Gasteiger partial charge in [0.25, 0.3) is 0 Å². The summed E-state index contributed by atoms with van der Waals surface area (Å²) < 4.78 is 0. The predicted octanol–water partition coefficient (Wildman–Crippen LogP) is 3.42. The van der Waals surface area contributed by atoms with Gasteiger partial charge in [0.15, 0.2) is 0 Å². The minimum atomic E-state index is 0. The van der Waals surface area contributed by atoms with E-state index in [1.165, 1.54) is 35.3 Å². The number of benzene rings is 1. The monoisotopic (exact) mass is 354 g/mol. The molecule has 0 radical (unpaired) electrons. The van der Waals surface area contributed by atoms with Crippen molar-refractivity contribution in [3.63, 3.8) is 0 Å². The summed E-state index contributed by atoms with van der Waals surface area (Å²) in [4.78, 5) is 15.7. The highest BCUT2D eigenvalue weighted by Gasteiger charge is 2.37.